The molecule has 0 bridgehead atoms. The summed E-state index contributed by atoms with van der Waals surface area (Å²) in [5.41, 5.74) is -0.332. The minimum Gasteiger partial charge on any atom is -0.396 e. The molecule has 0 aromatic heterocycles. The second kappa shape index (κ2) is 5.68. The van der Waals surface area contributed by atoms with Gasteiger partial charge in [0.2, 0.25) is 0 Å². The van der Waals surface area contributed by atoms with Crippen molar-refractivity contribution in [3.05, 3.63) is 0 Å². The van der Waals surface area contributed by atoms with Gasteiger partial charge in [-0.15, -0.1) is 0 Å². The maximum atomic E-state index is 9.36. The van der Waals surface area contributed by atoms with Crippen LogP contribution < -0.4 is 0 Å². The molecule has 1 heterocycles. The fourth-order valence-electron chi connectivity index (χ4n) is 3.51. The Labute approximate surface area is 105 Å². The zero-order valence-electron chi connectivity index (χ0n) is 11.1. The van der Waals surface area contributed by atoms with Crippen molar-refractivity contribution in [3.8, 4) is 0 Å². The van der Waals surface area contributed by atoms with Crippen molar-refractivity contribution in [1.82, 2.24) is 4.90 Å². The summed E-state index contributed by atoms with van der Waals surface area (Å²) < 4.78 is 0. The third kappa shape index (κ3) is 3.21. The number of fused-ring (bicyclic) bond motifs is 1. The first-order valence-electron chi connectivity index (χ1n) is 7.11. The van der Waals surface area contributed by atoms with Crippen LogP contribution >= 0.6 is 0 Å². The van der Waals surface area contributed by atoms with Gasteiger partial charge in [-0.2, -0.15) is 0 Å². The lowest BCUT2D eigenvalue weighted by atomic mass is 9.74. The first-order chi connectivity index (χ1) is 8.17. The van der Waals surface area contributed by atoms with Gasteiger partial charge in [0.15, 0.2) is 0 Å². The van der Waals surface area contributed by atoms with Crippen LogP contribution in [0, 0.1) is 17.3 Å². The molecular weight excluding hydrogens is 214 g/mol. The van der Waals surface area contributed by atoms with E-state index in [2.05, 4.69) is 4.90 Å². The highest BCUT2D eigenvalue weighted by atomic mass is 16.3. The predicted molar refractivity (Wildman–Crippen MR) is 68.8 cm³/mol. The molecule has 17 heavy (non-hydrogen) atoms. The van der Waals surface area contributed by atoms with Crippen LogP contribution in [0.5, 0.6) is 0 Å². The lowest BCUT2D eigenvalue weighted by molar-refractivity contribution is 0.00552. The van der Waals surface area contributed by atoms with E-state index in [1.807, 2.05) is 6.92 Å². The SMILES string of the molecule is CC(CO)(CO)CN1CCC2CCCCC2C1. The highest BCUT2D eigenvalue weighted by Crippen LogP contribution is 2.36. The van der Waals surface area contributed by atoms with E-state index in [-0.39, 0.29) is 18.6 Å². The van der Waals surface area contributed by atoms with Gasteiger partial charge in [-0.3, -0.25) is 0 Å². The van der Waals surface area contributed by atoms with E-state index >= 15 is 0 Å². The van der Waals surface area contributed by atoms with E-state index < -0.39 is 0 Å². The molecule has 0 amide bonds. The maximum Gasteiger partial charge on any atom is 0.0519 e. The quantitative estimate of drug-likeness (QED) is 0.784. The minimum absolute atomic E-state index is 0.0775. The fourth-order valence-corrected chi connectivity index (χ4v) is 3.51. The second-order valence-electron chi connectivity index (χ2n) is 6.46. The minimum atomic E-state index is -0.332. The number of nitrogens with zero attached hydrogens (tertiary/aromatic N) is 1. The standard InChI is InChI=1S/C14H27NO2/c1-14(10-16,11-17)9-15-7-6-12-4-2-3-5-13(12)8-15/h12-13,16-17H,2-11H2,1H3. The van der Waals surface area contributed by atoms with Crippen molar-refractivity contribution < 1.29 is 10.2 Å². The van der Waals surface area contributed by atoms with Crippen molar-refractivity contribution in [3.63, 3.8) is 0 Å². The molecule has 3 heteroatoms. The molecule has 0 aromatic carbocycles. The Morgan fingerprint density at radius 1 is 1.06 bits per heavy atom. The summed E-state index contributed by atoms with van der Waals surface area (Å²) >= 11 is 0. The van der Waals surface area contributed by atoms with E-state index in [0.29, 0.717) is 0 Å². The van der Waals surface area contributed by atoms with Gasteiger partial charge in [0, 0.05) is 18.5 Å². The van der Waals surface area contributed by atoms with Crippen LogP contribution in [-0.4, -0.2) is 48.0 Å². The summed E-state index contributed by atoms with van der Waals surface area (Å²) in [6, 6.07) is 0. The van der Waals surface area contributed by atoms with E-state index in [4.69, 9.17) is 0 Å². The van der Waals surface area contributed by atoms with Gasteiger partial charge in [-0.1, -0.05) is 26.2 Å². The largest absolute Gasteiger partial charge is 0.396 e. The second-order valence-corrected chi connectivity index (χ2v) is 6.46. The van der Waals surface area contributed by atoms with Gasteiger partial charge in [0.05, 0.1) is 13.2 Å². The zero-order chi connectivity index (χ0) is 12.3. The van der Waals surface area contributed by atoms with Crippen molar-refractivity contribution in [1.29, 1.82) is 0 Å². The molecule has 2 atom stereocenters. The van der Waals surface area contributed by atoms with Gasteiger partial charge in [0.1, 0.15) is 0 Å². The molecular formula is C14H27NO2. The molecule has 1 saturated heterocycles. The Balaban J connectivity index is 1.87. The van der Waals surface area contributed by atoms with Crippen LogP contribution in [-0.2, 0) is 0 Å². The van der Waals surface area contributed by atoms with Crippen LogP contribution in [0.4, 0.5) is 0 Å². The molecule has 2 fully saturated rings. The summed E-state index contributed by atoms with van der Waals surface area (Å²) in [6.45, 7) is 5.29. The number of piperidine rings is 1. The third-order valence-corrected chi connectivity index (χ3v) is 4.74. The Morgan fingerprint density at radius 2 is 1.71 bits per heavy atom. The topological polar surface area (TPSA) is 43.7 Å². The van der Waals surface area contributed by atoms with Crippen LogP contribution in [0.15, 0.2) is 0 Å². The Hall–Kier alpha value is -0.120. The number of rotatable bonds is 4. The van der Waals surface area contributed by atoms with Crippen LogP contribution in [0.1, 0.15) is 39.0 Å². The number of hydrogen-bond acceptors (Lipinski definition) is 3. The number of aliphatic hydroxyl groups is 2. The maximum absolute atomic E-state index is 9.36. The van der Waals surface area contributed by atoms with E-state index in [0.717, 1.165) is 24.9 Å². The summed E-state index contributed by atoms with van der Waals surface area (Å²) in [6.07, 6.45) is 6.95. The molecule has 100 valence electrons. The molecule has 0 radical (unpaired) electrons. The lowest BCUT2D eigenvalue weighted by Crippen LogP contribution is -2.48. The molecule has 2 aliphatic rings. The predicted octanol–water partition coefficient (Wildman–Crippen LogP) is 1.49. The molecule has 0 spiro atoms. The van der Waals surface area contributed by atoms with Gasteiger partial charge in [0.25, 0.3) is 0 Å². The number of aliphatic hydroxyl groups excluding tert-OH is 2. The van der Waals surface area contributed by atoms with Gasteiger partial charge in [-0.05, 0) is 31.2 Å². The smallest absolute Gasteiger partial charge is 0.0519 e. The molecule has 2 unspecified atom stereocenters. The van der Waals surface area contributed by atoms with Crippen molar-refractivity contribution in [2.24, 2.45) is 17.3 Å². The average molecular weight is 241 g/mol. The van der Waals surface area contributed by atoms with Crippen LogP contribution in [0.2, 0.25) is 0 Å². The lowest BCUT2D eigenvalue weighted by Gasteiger charge is -2.43. The van der Waals surface area contributed by atoms with E-state index in [1.165, 1.54) is 38.6 Å². The Kier molecular flexibility index (Phi) is 4.45. The first-order valence-corrected chi connectivity index (χ1v) is 7.11. The molecule has 3 nitrogen and oxygen atoms in total. The zero-order valence-corrected chi connectivity index (χ0v) is 11.1. The first kappa shape index (κ1) is 13.3. The summed E-state index contributed by atoms with van der Waals surface area (Å²) in [5.74, 6) is 1.83. The normalized spacial score (nSPS) is 31.2. The molecule has 1 aliphatic heterocycles. The van der Waals surface area contributed by atoms with Crippen molar-refractivity contribution in [2.45, 2.75) is 39.0 Å². The highest BCUT2D eigenvalue weighted by Gasteiger charge is 2.34. The van der Waals surface area contributed by atoms with Crippen molar-refractivity contribution in [2.75, 3.05) is 32.8 Å². The summed E-state index contributed by atoms with van der Waals surface area (Å²) in [7, 11) is 0. The highest BCUT2D eigenvalue weighted by molar-refractivity contribution is 4.86. The molecule has 1 aliphatic carbocycles. The van der Waals surface area contributed by atoms with Gasteiger partial charge >= 0.3 is 0 Å². The molecule has 2 rings (SSSR count). The Morgan fingerprint density at radius 3 is 2.35 bits per heavy atom. The fraction of sp³-hybridized carbons (Fsp3) is 1.00. The van der Waals surface area contributed by atoms with Gasteiger partial charge in [-0.25, -0.2) is 0 Å². The van der Waals surface area contributed by atoms with Crippen LogP contribution in [0.25, 0.3) is 0 Å². The molecule has 0 aromatic rings. The number of hydrogen-bond donors (Lipinski definition) is 2. The monoisotopic (exact) mass is 241 g/mol. The summed E-state index contributed by atoms with van der Waals surface area (Å²) in [5, 5.41) is 18.7. The number of likely N-dealkylation sites (tertiary alicyclic amines) is 1. The molecule has 1 saturated carbocycles. The Bertz CT molecular complexity index is 240. The van der Waals surface area contributed by atoms with Crippen molar-refractivity contribution >= 4 is 0 Å². The molecule has 2 N–H and O–H groups in total. The third-order valence-electron chi connectivity index (χ3n) is 4.74. The van der Waals surface area contributed by atoms with E-state index in [1.54, 1.807) is 0 Å². The summed E-state index contributed by atoms with van der Waals surface area (Å²) in [4.78, 5) is 2.46. The van der Waals surface area contributed by atoms with Gasteiger partial charge < -0.3 is 15.1 Å². The van der Waals surface area contributed by atoms with Crippen LogP contribution in [0.3, 0.4) is 0 Å². The average Bonchev–Trinajstić information content (AvgIpc) is 2.38. The van der Waals surface area contributed by atoms with E-state index in [9.17, 15) is 10.2 Å².